The molecule has 1 aromatic carbocycles. The largest absolute Gasteiger partial charge is 0.466 e. The van der Waals surface area contributed by atoms with Crippen LogP contribution >= 0.6 is 0 Å². The lowest BCUT2D eigenvalue weighted by Gasteiger charge is -2.42. The van der Waals surface area contributed by atoms with Crippen molar-refractivity contribution in [2.75, 3.05) is 0 Å². The Kier molecular flexibility index (Phi) is 10.4. The molecule has 1 saturated carbocycles. The zero-order chi connectivity index (χ0) is 25.4. The summed E-state index contributed by atoms with van der Waals surface area (Å²) in [6, 6.07) is 9.99. The first-order valence-corrected chi connectivity index (χ1v) is 15.9. The minimum Gasteiger partial charge on any atom is -0.466 e. The monoisotopic (exact) mass is 484 g/mol. The van der Waals surface area contributed by atoms with Crippen molar-refractivity contribution in [3.05, 3.63) is 54.6 Å². The van der Waals surface area contributed by atoms with Crippen LogP contribution in [0.3, 0.4) is 0 Å². The van der Waals surface area contributed by atoms with Gasteiger partial charge in [0.2, 0.25) is 0 Å². The quantitative estimate of drug-likeness (QED) is 0.181. The van der Waals surface area contributed by atoms with Crippen LogP contribution in [0.1, 0.15) is 80.1 Å². The molecule has 2 rings (SSSR count). The van der Waals surface area contributed by atoms with Crippen LogP contribution in [0, 0.1) is 22.2 Å². The van der Waals surface area contributed by atoms with Gasteiger partial charge in [0.15, 0.2) is 15.3 Å². The number of carbonyl (C=O) groups is 1. The lowest BCUT2D eigenvalue weighted by molar-refractivity contribution is -0.127. The molecule has 0 aliphatic heterocycles. The number of hydrogen-bond donors (Lipinski definition) is 0. The molecule has 0 radical (unpaired) electrons. The van der Waals surface area contributed by atoms with Gasteiger partial charge in [0, 0.05) is 18.3 Å². The maximum atomic E-state index is 12.4. The summed E-state index contributed by atoms with van der Waals surface area (Å²) in [5, 5.41) is 0. The summed E-state index contributed by atoms with van der Waals surface area (Å²) >= 11 is 0. The van der Waals surface area contributed by atoms with Crippen molar-refractivity contribution in [1.82, 2.24) is 0 Å². The van der Waals surface area contributed by atoms with E-state index < -0.39 is 9.04 Å². The molecule has 0 heterocycles. The van der Waals surface area contributed by atoms with Crippen molar-refractivity contribution in [3.63, 3.8) is 0 Å². The summed E-state index contributed by atoms with van der Waals surface area (Å²) in [6.45, 7) is 18.1. The van der Waals surface area contributed by atoms with Crippen LogP contribution in [0.5, 0.6) is 5.75 Å². The van der Waals surface area contributed by atoms with Crippen LogP contribution < -0.4 is 4.74 Å². The predicted octanol–water partition coefficient (Wildman–Crippen LogP) is 8.12. The Morgan fingerprint density at radius 1 is 1.06 bits per heavy atom. The number of ether oxygens (including phenoxy) is 1. The maximum Gasteiger partial charge on any atom is 0.190 e. The van der Waals surface area contributed by atoms with Gasteiger partial charge < -0.3 is 9.16 Å². The van der Waals surface area contributed by atoms with Gasteiger partial charge >= 0.3 is 0 Å². The number of rotatable bonds is 11. The number of carbonyl (C=O) groups excluding carboxylic acids is 1. The summed E-state index contributed by atoms with van der Waals surface area (Å²) in [6.07, 6.45) is 14.2. The molecule has 1 aromatic rings. The molecule has 3 nitrogen and oxygen atoms in total. The Morgan fingerprint density at radius 3 is 2.32 bits per heavy atom. The minimum absolute atomic E-state index is 0.0628. The zero-order valence-electron chi connectivity index (χ0n) is 22.9. The molecular formula is C30H48O3Si. The number of Topliss-reactive ketones (excluding diaryl/α,β-unsaturated/α-hetero) is 1. The van der Waals surface area contributed by atoms with Crippen LogP contribution in [0.2, 0.25) is 13.1 Å². The normalized spacial score (nSPS) is 22.0. The Morgan fingerprint density at radius 2 is 1.74 bits per heavy atom. The molecule has 0 N–H and O–H groups in total. The number of benzene rings is 1. The fourth-order valence-corrected chi connectivity index (χ4v) is 6.10. The van der Waals surface area contributed by atoms with Crippen LogP contribution in [0.15, 0.2) is 54.6 Å². The smallest absolute Gasteiger partial charge is 0.190 e. The number of hydrogen-bond acceptors (Lipinski definition) is 3. The molecule has 3 atom stereocenters. The van der Waals surface area contributed by atoms with E-state index in [2.05, 4.69) is 78.9 Å². The van der Waals surface area contributed by atoms with Crippen molar-refractivity contribution in [2.24, 2.45) is 22.2 Å². The van der Waals surface area contributed by atoms with E-state index in [0.717, 1.165) is 44.3 Å². The Balaban J connectivity index is 2.10. The fraction of sp³-hybridized carbons (Fsp3) is 0.633. The molecule has 1 unspecified atom stereocenters. The molecule has 1 aliphatic rings. The third-order valence-corrected chi connectivity index (χ3v) is 7.95. The van der Waals surface area contributed by atoms with Gasteiger partial charge in [0.05, 0.1) is 0 Å². The highest BCUT2D eigenvalue weighted by Crippen LogP contribution is 2.44. The van der Waals surface area contributed by atoms with Gasteiger partial charge in [-0.15, -0.1) is 0 Å². The fourth-order valence-electron chi connectivity index (χ4n) is 5.30. The van der Waals surface area contributed by atoms with E-state index in [1.165, 1.54) is 0 Å². The van der Waals surface area contributed by atoms with E-state index in [1.54, 1.807) is 0 Å². The first-order chi connectivity index (χ1) is 15.8. The second kappa shape index (κ2) is 12.4. The van der Waals surface area contributed by atoms with Gasteiger partial charge in [-0.1, -0.05) is 83.5 Å². The average Bonchev–Trinajstić information content (AvgIpc) is 2.73. The summed E-state index contributed by atoms with van der Waals surface area (Å²) in [5.74, 6) is 1.62. The molecule has 1 aliphatic carbocycles. The van der Waals surface area contributed by atoms with E-state index >= 15 is 0 Å². The van der Waals surface area contributed by atoms with E-state index in [4.69, 9.17) is 9.16 Å². The van der Waals surface area contributed by atoms with E-state index in [-0.39, 0.29) is 22.5 Å². The highest BCUT2D eigenvalue weighted by Gasteiger charge is 2.37. The van der Waals surface area contributed by atoms with Gasteiger partial charge in [-0.05, 0) is 68.2 Å². The number of allylic oxidation sites excluding steroid dienone is 4. The average molecular weight is 485 g/mol. The molecular weight excluding hydrogens is 436 g/mol. The van der Waals surface area contributed by atoms with Crippen molar-refractivity contribution in [2.45, 2.75) is 99.5 Å². The van der Waals surface area contributed by atoms with Gasteiger partial charge in [-0.25, -0.2) is 0 Å². The molecule has 4 heteroatoms. The molecule has 0 aromatic heterocycles. The van der Waals surface area contributed by atoms with Crippen molar-refractivity contribution < 1.29 is 14.0 Å². The van der Waals surface area contributed by atoms with Gasteiger partial charge in [-0.3, -0.25) is 4.79 Å². The third kappa shape index (κ3) is 8.85. The topological polar surface area (TPSA) is 35.5 Å². The van der Waals surface area contributed by atoms with E-state index in [1.807, 2.05) is 30.3 Å². The van der Waals surface area contributed by atoms with Crippen molar-refractivity contribution in [1.29, 1.82) is 0 Å². The lowest BCUT2D eigenvalue weighted by Crippen LogP contribution is -2.35. The standard InChI is InChI=1S/C30H48O3Si/c1-28(2,3)25(18-12-14-21-30(6)22-15-13-19-26(30)31)29(4,5)23-20-27(33-34(7)8)32-24-16-10-9-11-17-24/h9-12,14,16-18,21,25,27,34H,13,15,19-20,22-23H2,1-8H3/t25-,27?,30+/m0/s1. The Labute approximate surface area is 210 Å². The van der Waals surface area contributed by atoms with Crippen molar-refractivity contribution >= 4 is 14.8 Å². The van der Waals surface area contributed by atoms with Gasteiger partial charge in [0.1, 0.15) is 11.5 Å². The summed E-state index contributed by atoms with van der Waals surface area (Å²) in [5.41, 5.74) is -0.120. The SMILES string of the molecule is C[SiH](C)OC(CCC(C)(C)[C@@H](C=CC=C[C@]1(C)CCCCC1=O)C(C)(C)C)Oc1ccccc1. The minimum atomic E-state index is -1.24. The maximum absolute atomic E-state index is 12.4. The third-order valence-electron chi connectivity index (χ3n) is 7.10. The highest BCUT2D eigenvalue weighted by atomic mass is 28.3. The van der Waals surface area contributed by atoms with Crippen LogP contribution in [-0.4, -0.2) is 21.1 Å². The summed E-state index contributed by atoms with van der Waals surface area (Å²) < 4.78 is 12.5. The van der Waals surface area contributed by atoms with Crippen LogP contribution in [-0.2, 0) is 9.22 Å². The Hall–Kier alpha value is -1.65. The second-order valence-electron chi connectivity index (χ2n) is 12.2. The first kappa shape index (κ1) is 28.6. The van der Waals surface area contributed by atoms with E-state index in [9.17, 15) is 4.79 Å². The molecule has 1 fully saturated rings. The van der Waals surface area contributed by atoms with Gasteiger partial charge in [-0.2, -0.15) is 0 Å². The molecule has 0 saturated heterocycles. The Bertz CT molecular complexity index is 819. The highest BCUT2D eigenvalue weighted by molar-refractivity contribution is 6.48. The molecule has 0 spiro atoms. The number of para-hydroxylation sites is 1. The zero-order valence-corrected chi connectivity index (χ0v) is 24.1. The van der Waals surface area contributed by atoms with Crippen LogP contribution in [0.25, 0.3) is 0 Å². The molecule has 34 heavy (non-hydrogen) atoms. The van der Waals surface area contributed by atoms with Gasteiger partial charge in [0.25, 0.3) is 0 Å². The van der Waals surface area contributed by atoms with Crippen LogP contribution in [0.4, 0.5) is 0 Å². The summed E-state index contributed by atoms with van der Waals surface area (Å²) in [4.78, 5) is 12.4. The first-order valence-electron chi connectivity index (χ1n) is 13.1. The lowest BCUT2D eigenvalue weighted by atomic mass is 9.64. The number of ketones is 1. The van der Waals surface area contributed by atoms with Crippen molar-refractivity contribution in [3.8, 4) is 5.75 Å². The molecule has 190 valence electrons. The molecule has 0 bridgehead atoms. The molecule has 0 amide bonds. The predicted molar refractivity (Wildman–Crippen MR) is 147 cm³/mol. The van der Waals surface area contributed by atoms with E-state index in [0.29, 0.717) is 11.7 Å². The second-order valence-corrected chi connectivity index (χ2v) is 14.6. The summed E-state index contributed by atoms with van der Waals surface area (Å²) in [7, 11) is -1.24.